The Morgan fingerprint density at radius 2 is 2.03 bits per heavy atom. The molecule has 0 radical (unpaired) electrons. The van der Waals surface area contributed by atoms with E-state index in [2.05, 4.69) is 23.7 Å². The second-order valence-corrected chi connectivity index (χ2v) is 8.61. The lowest BCUT2D eigenvalue weighted by molar-refractivity contribution is -0.140. The number of ether oxygens (including phenoxy) is 1. The third-order valence-corrected chi connectivity index (χ3v) is 6.48. The summed E-state index contributed by atoms with van der Waals surface area (Å²) in [6.45, 7) is 9.32. The van der Waals surface area contributed by atoms with Crippen molar-refractivity contribution in [2.24, 2.45) is 0 Å². The van der Waals surface area contributed by atoms with E-state index in [1.807, 2.05) is 25.1 Å². The van der Waals surface area contributed by atoms with Crippen molar-refractivity contribution >= 4 is 17.4 Å². The number of carbonyl (C=O) groups excluding carboxylic acids is 2. The first-order valence-corrected chi connectivity index (χ1v) is 11.6. The van der Waals surface area contributed by atoms with Crippen LogP contribution in [0.1, 0.15) is 49.9 Å². The summed E-state index contributed by atoms with van der Waals surface area (Å²) in [6, 6.07) is 8.35. The summed E-state index contributed by atoms with van der Waals surface area (Å²) in [5.74, 6) is -0.604. The topological polar surface area (TPSA) is 83.0 Å². The molecule has 3 heterocycles. The molecule has 174 valence electrons. The Morgan fingerprint density at radius 1 is 1.24 bits per heavy atom. The summed E-state index contributed by atoms with van der Waals surface area (Å²) in [7, 11) is 0. The molecule has 0 spiro atoms. The molecule has 7 nitrogen and oxygen atoms in total. The van der Waals surface area contributed by atoms with Crippen LogP contribution in [0, 0.1) is 0 Å². The van der Waals surface area contributed by atoms with E-state index in [-0.39, 0.29) is 17.4 Å². The van der Waals surface area contributed by atoms with Crippen molar-refractivity contribution in [2.75, 3.05) is 26.2 Å². The molecule has 0 bridgehead atoms. The Balaban J connectivity index is 1.71. The number of benzene rings is 1. The highest BCUT2D eigenvalue weighted by molar-refractivity contribution is 6.46. The van der Waals surface area contributed by atoms with Gasteiger partial charge in [0.05, 0.1) is 11.6 Å². The van der Waals surface area contributed by atoms with Crippen LogP contribution in [0.4, 0.5) is 0 Å². The lowest BCUT2D eigenvalue weighted by Crippen LogP contribution is -2.33. The lowest BCUT2D eigenvalue weighted by atomic mass is 9.95. The monoisotopic (exact) mass is 449 g/mol. The van der Waals surface area contributed by atoms with E-state index in [4.69, 9.17) is 4.74 Å². The highest BCUT2D eigenvalue weighted by Crippen LogP contribution is 2.40. The molecule has 2 aliphatic heterocycles. The number of carbonyl (C=O) groups is 2. The van der Waals surface area contributed by atoms with Gasteiger partial charge in [-0.15, -0.1) is 0 Å². The molecule has 0 aliphatic carbocycles. The van der Waals surface area contributed by atoms with Crippen molar-refractivity contribution in [1.82, 2.24) is 14.8 Å². The standard InChI is InChI=1S/C26H31N3O4/c1-4-28(5-2)12-7-13-29-23(19-8-6-11-27-16-19)22(25(31)26(29)32)24(30)18-9-10-21-20(15-18)14-17(3)33-21/h6,8-11,15-17,23,30H,4-5,7,12-14H2,1-3H3/b24-22-. The van der Waals surface area contributed by atoms with Gasteiger partial charge in [0.25, 0.3) is 11.7 Å². The molecule has 2 atom stereocenters. The molecule has 1 N–H and O–H groups in total. The van der Waals surface area contributed by atoms with E-state index in [1.165, 1.54) is 0 Å². The molecule has 0 saturated carbocycles. The van der Waals surface area contributed by atoms with Crippen LogP contribution in [-0.2, 0) is 16.0 Å². The van der Waals surface area contributed by atoms with Gasteiger partial charge in [-0.2, -0.15) is 0 Å². The van der Waals surface area contributed by atoms with Crippen molar-refractivity contribution in [1.29, 1.82) is 0 Å². The largest absolute Gasteiger partial charge is 0.507 e. The highest BCUT2D eigenvalue weighted by atomic mass is 16.5. The Kier molecular flexibility index (Phi) is 6.79. The average molecular weight is 450 g/mol. The molecule has 1 aromatic carbocycles. The zero-order valence-electron chi connectivity index (χ0n) is 19.5. The van der Waals surface area contributed by atoms with Gasteiger partial charge in [0.15, 0.2) is 0 Å². The molecule has 1 saturated heterocycles. The molecule has 2 aliphatic rings. The predicted molar refractivity (Wildman–Crippen MR) is 126 cm³/mol. The van der Waals surface area contributed by atoms with Gasteiger partial charge in [0, 0.05) is 30.9 Å². The Labute approximate surface area is 194 Å². The molecule has 4 rings (SSSR count). The van der Waals surface area contributed by atoms with Crippen LogP contribution in [0.2, 0.25) is 0 Å². The minimum atomic E-state index is -0.668. The number of hydrogen-bond acceptors (Lipinski definition) is 6. The van der Waals surface area contributed by atoms with Gasteiger partial charge >= 0.3 is 0 Å². The van der Waals surface area contributed by atoms with Gasteiger partial charge in [-0.05, 0) is 68.4 Å². The van der Waals surface area contributed by atoms with Crippen LogP contribution in [0.5, 0.6) is 5.75 Å². The number of likely N-dealkylation sites (tertiary alicyclic amines) is 1. The second-order valence-electron chi connectivity index (χ2n) is 8.61. The molecule has 33 heavy (non-hydrogen) atoms. The van der Waals surface area contributed by atoms with Crippen molar-refractivity contribution < 1.29 is 19.4 Å². The molecule has 1 aromatic heterocycles. The number of fused-ring (bicyclic) bond motifs is 1. The Hall–Kier alpha value is -3.19. The summed E-state index contributed by atoms with van der Waals surface area (Å²) >= 11 is 0. The van der Waals surface area contributed by atoms with E-state index in [0.29, 0.717) is 17.7 Å². The number of amides is 1. The van der Waals surface area contributed by atoms with E-state index < -0.39 is 17.7 Å². The van der Waals surface area contributed by atoms with Crippen molar-refractivity contribution in [3.05, 3.63) is 65.0 Å². The number of aliphatic hydroxyl groups excluding tert-OH is 1. The first-order chi connectivity index (χ1) is 15.9. The van der Waals surface area contributed by atoms with E-state index in [1.54, 1.807) is 29.4 Å². The van der Waals surface area contributed by atoms with Crippen LogP contribution in [0.15, 0.2) is 48.3 Å². The fraction of sp³-hybridized carbons (Fsp3) is 0.423. The zero-order valence-corrected chi connectivity index (χ0v) is 19.5. The first-order valence-electron chi connectivity index (χ1n) is 11.6. The molecule has 2 aromatic rings. The molecular formula is C26H31N3O4. The maximum absolute atomic E-state index is 13.1. The molecular weight excluding hydrogens is 418 g/mol. The summed E-state index contributed by atoms with van der Waals surface area (Å²) in [5.41, 5.74) is 2.32. The van der Waals surface area contributed by atoms with Gasteiger partial charge in [0.2, 0.25) is 0 Å². The fourth-order valence-electron chi connectivity index (χ4n) is 4.72. The number of aromatic nitrogens is 1. The van der Waals surface area contributed by atoms with Crippen LogP contribution >= 0.6 is 0 Å². The number of hydrogen-bond donors (Lipinski definition) is 1. The fourth-order valence-corrected chi connectivity index (χ4v) is 4.72. The number of pyridine rings is 1. The summed E-state index contributed by atoms with van der Waals surface area (Å²) in [6.07, 6.45) is 4.85. The highest BCUT2D eigenvalue weighted by Gasteiger charge is 2.46. The lowest BCUT2D eigenvalue weighted by Gasteiger charge is -2.26. The van der Waals surface area contributed by atoms with Gasteiger partial charge in [-0.25, -0.2) is 0 Å². The maximum atomic E-state index is 13.1. The second kappa shape index (κ2) is 9.75. The Morgan fingerprint density at radius 3 is 2.73 bits per heavy atom. The van der Waals surface area contributed by atoms with Crippen LogP contribution in [0.3, 0.4) is 0 Å². The van der Waals surface area contributed by atoms with E-state index in [9.17, 15) is 14.7 Å². The van der Waals surface area contributed by atoms with Gasteiger partial charge in [-0.3, -0.25) is 14.6 Å². The molecule has 7 heteroatoms. The van der Waals surface area contributed by atoms with Gasteiger partial charge in [0.1, 0.15) is 17.6 Å². The summed E-state index contributed by atoms with van der Waals surface area (Å²) in [4.78, 5) is 34.3. The first kappa shape index (κ1) is 23.0. The number of ketones is 1. The Bertz CT molecular complexity index is 1060. The van der Waals surface area contributed by atoms with Crippen molar-refractivity contribution in [2.45, 2.75) is 45.8 Å². The number of rotatable bonds is 8. The number of Topliss-reactive ketones (excluding diaryl/α,β-unsaturated/α-hetero) is 1. The summed E-state index contributed by atoms with van der Waals surface area (Å²) < 4.78 is 5.76. The van der Waals surface area contributed by atoms with Crippen molar-refractivity contribution in [3.63, 3.8) is 0 Å². The normalized spacial score (nSPS) is 21.5. The third kappa shape index (κ3) is 4.50. The molecule has 2 unspecified atom stereocenters. The SMILES string of the molecule is CCN(CC)CCCN1C(=O)C(=O)/C(=C(\O)c2ccc3c(c2)CC(C)O3)C1c1cccnc1. The zero-order chi connectivity index (χ0) is 23.5. The van der Waals surface area contributed by atoms with Crippen molar-refractivity contribution in [3.8, 4) is 5.75 Å². The quantitative estimate of drug-likeness (QED) is 0.377. The van der Waals surface area contributed by atoms with Crippen LogP contribution < -0.4 is 4.74 Å². The number of nitrogens with zero attached hydrogens (tertiary/aromatic N) is 3. The average Bonchev–Trinajstić information content (AvgIpc) is 3.32. The van der Waals surface area contributed by atoms with Crippen LogP contribution in [-0.4, -0.2) is 63.9 Å². The van der Waals surface area contributed by atoms with Gasteiger partial charge in [-0.1, -0.05) is 19.9 Å². The smallest absolute Gasteiger partial charge is 0.295 e. The van der Waals surface area contributed by atoms with Gasteiger partial charge < -0.3 is 19.6 Å². The minimum Gasteiger partial charge on any atom is -0.507 e. The number of aliphatic hydroxyl groups is 1. The van der Waals surface area contributed by atoms with Crippen LogP contribution in [0.25, 0.3) is 5.76 Å². The minimum absolute atomic E-state index is 0.0733. The summed E-state index contributed by atoms with van der Waals surface area (Å²) in [5, 5.41) is 11.3. The maximum Gasteiger partial charge on any atom is 0.295 e. The predicted octanol–water partition coefficient (Wildman–Crippen LogP) is 3.56. The molecule has 1 fully saturated rings. The van der Waals surface area contributed by atoms with E-state index >= 15 is 0 Å². The third-order valence-electron chi connectivity index (χ3n) is 6.48. The van der Waals surface area contributed by atoms with E-state index in [0.717, 1.165) is 43.8 Å². The molecule has 1 amide bonds.